The van der Waals surface area contributed by atoms with Gasteiger partial charge in [-0.1, -0.05) is 19.1 Å². The maximum atomic E-state index is 11.2. The van der Waals surface area contributed by atoms with Crippen molar-refractivity contribution in [3.63, 3.8) is 0 Å². The van der Waals surface area contributed by atoms with E-state index in [-0.39, 0.29) is 11.9 Å². The number of carbonyl (C=O) groups is 2. The van der Waals surface area contributed by atoms with E-state index in [2.05, 4.69) is 0 Å². The van der Waals surface area contributed by atoms with Gasteiger partial charge in [-0.15, -0.1) is 0 Å². The van der Waals surface area contributed by atoms with Gasteiger partial charge in [0, 0.05) is 11.5 Å². The van der Waals surface area contributed by atoms with Crippen LogP contribution in [0, 0.1) is 5.92 Å². The van der Waals surface area contributed by atoms with E-state index in [4.69, 9.17) is 9.47 Å². The summed E-state index contributed by atoms with van der Waals surface area (Å²) < 4.78 is 10.4. The molecule has 98 valence electrons. The molecule has 0 fully saturated rings. The molecule has 0 aromatic heterocycles. The lowest BCUT2D eigenvalue weighted by atomic mass is 10.1. The van der Waals surface area contributed by atoms with Crippen LogP contribution in [0.5, 0.6) is 5.75 Å². The molecule has 1 aromatic rings. The van der Waals surface area contributed by atoms with Gasteiger partial charge in [0.1, 0.15) is 12.0 Å². The summed E-state index contributed by atoms with van der Waals surface area (Å²) in [4.78, 5) is 21.8. The molecule has 0 saturated heterocycles. The van der Waals surface area contributed by atoms with Crippen LogP contribution in [0.25, 0.3) is 0 Å². The van der Waals surface area contributed by atoms with Crippen molar-refractivity contribution in [2.75, 3.05) is 13.2 Å². The standard InChI is InChI=1S/C14H18O4/c1-3-17-14(16)7-11(2)10-18-13-6-4-5-12(8-13)9-15/h4-6,8-9,11H,3,7,10H2,1-2H3. The Balaban J connectivity index is 2.39. The number of hydrogen-bond acceptors (Lipinski definition) is 4. The normalized spacial score (nSPS) is 11.7. The maximum Gasteiger partial charge on any atom is 0.306 e. The molecule has 4 nitrogen and oxygen atoms in total. The van der Waals surface area contributed by atoms with Crippen molar-refractivity contribution in [1.29, 1.82) is 0 Å². The highest BCUT2D eigenvalue weighted by Crippen LogP contribution is 2.14. The van der Waals surface area contributed by atoms with Gasteiger partial charge >= 0.3 is 5.97 Å². The fraction of sp³-hybridized carbons (Fsp3) is 0.429. The predicted octanol–water partition coefficient (Wildman–Crippen LogP) is 2.47. The maximum absolute atomic E-state index is 11.2. The molecule has 0 aliphatic carbocycles. The topological polar surface area (TPSA) is 52.6 Å². The first-order valence-corrected chi connectivity index (χ1v) is 5.99. The van der Waals surface area contributed by atoms with Gasteiger partial charge in [0.2, 0.25) is 0 Å². The quantitative estimate of drug-likeness (QED) is 0.551. The fourth-order valence-electron chi connectivity index (χ4n) is 1.48. The number of esters is 1. The van der Waals surface area contributed by atoms with E-state index in [0.717, 1.165) is 6.29 Å². The second-order valence-electron chi connectivity index (χ2n) is 4.12. The Kier molecular flexibility index (Phi) is 5.91. The summed E-state index contributed by atoms with van der Waals surface area (Å²) in [5.41, 5.74) is 0.575. The van der Waals surface area contributed by atoms with E-state index in [1.807, 2.05) is 6.92 Å². The smallest absolute Gasteiger partial charge is 0.306 e. The molecule has 0 aliphatic heterocycles. The summed E-state index contributed by atoms with van der Waals surface area (Å²) in [7, 11) is 0. The molecular formula is C14H18O4. The second kappa shape index (κ2) is 7.48. The number of ether oxygens (including phenoxy) is 2. The molecule has 0 N–H and O–H groups in total. The molecule has 18 heavy (non-hydrogen) atoms. The van der Waals surface area contributed by atoms with Crippen molar-refractivity contribution in [2.45, 2.75) is 20.3 Å². The molecule has 0 spiro atoms. The molecule has 0 aliphatic rings. The number of hydrogen-bond donors (Lipinski definition) is 0. The molecule has 1 rings (SSSR count). The van der Waals surface area contributed by atoms with Crippen molar-refractivity contribution in [3.05, 3.63) is 29.8 Å². The van der Waals surface area contributed by atoms with E-state index >= 15 is 0 Å². The van der Waals surface area contributed by atoms with Gasteiger partial charge < -0.3 is 9.47 Å². The number of aldehydes is 1. The first-order chi connectivity index (χ1) is 8.65. The van der Waals surface area contributed by atoms with Gasteiger partial charge in [0.25, 0.3) is 0 Å². The lowest BCUT2D eigenvalue weighted by Gasteiger charge is -2.12. The summed E-state index contributed by atoms with van der Waals surface area (Å²) in [6.45, 7) is 4.51. The second-order valence-corrected chi connectivity index (χ2v) is 4.12. The molecule has 1 unspecified atom stereocenters. The van der Waals surface area contributed by atoms with Crippen molar-refractivity contribution in [2.24, 2.45) is 5.92 Å². The zero-order valence-corrected chi connectivity index (χ0v) is 10.7. The number of benzene rings is 1. The van der Waals surface area contributed by atoms with Gasteiger partial charge in [-0.3, -0.25) is 9.59 Å². The summed E-state index contributed by atoms with van der Waals surface area (Å²) in [5.74, 6) is 0.495. The fourth-order valence-corrected chi connectivity index (χ4v) is 1.48. The summed E-state index contributed by atoms with van der Waals surface area (Å²) >= 11 is 0. The van der Waals surface area contributed by atoms with E-state index in [1.54, 1.807) is 31.2 Å². The Bertz CT molecular complexity index is 401. The zero-order chi connectivity index (χ0) is 13.4. The van der Waals surface area contributed by atoms with Crippen molar-refractivity contribution >= 4 is 12.3 Å². The Labute approximate surface area is 107 Å². The highest BCUT2D eigenvalue weighted by atomic mass is 16.5. The minimum Gasteiger partial charge on any atom is -0.493 e. The molecule has 4 heteroatoms. The summed E-state index contributed by atoms with van der Waals surface area (Å²) in [5, 5.41) is 0. The Morgan fingerprint density at radius 1 is 1.44 bits per heavy atom. The molecule has 0 radical (unpaired) electrons. The SMILES string of the molecule is CCOC(=O)CC(C)COc1cccc(C=O)c1. The van der Waals surface area contributed by atoms with Crippen LogP contribution in [0.15, 0.2) is 24.3 Å². The van der Waals surface area contributed by atoms with E-state index in [1.165, 1.54) is 0 Å². The average molecular weight is 250 g/mol. The first-order valence-electron chi connectivity index (χ1n) is 5.99. The molecular weight excluding hydrogens is 232 g/mol. The third kappa shape index (κ3) is 4.99. The highest BCUT2D eigenvalue weighted by Gasteiger charge is 2.10. The minimum atomic E-state index is -0.213. The molecule has 1 aromatic carbocycles. The van der Waals surface area contributed by atoms with Crippen molar-refractivity contribution in [1.82, 2.24) is 0 Å². The van der Waals surface area contributed by atoms with Gasteiger partial charge in [-0.25, -0.2) is 0 Å². The molecule has 0 heterocycles. The first kappa shape index (κ1) is 14.2. The number of rotatable bonds is 7. The van der Waals surface area contributed by atoms with Gasteiger partial charge in [0.15, 0.2) is 0 Å². The van der Waals surface area contributed by atoms with Crippen LogP contribution in [-0.4, -0.2) is 25.5 Å². The van der Waals surface area contributed by atoms with Crippen molar-refractivity contribution in [3.8, 4) is 5.75 Å². The lowest BCUT2D eigenvalue weighted by molar-refractivity contribution is -0.144. The lowest BCUT2D eigenvalue weighted by Crippen LogP contribution is -2.15. The summed E-state index contributed by atoms with van der Waals surface area (Å²) in [6.07, 6.45) is 1.11. The largest absolute Gasteiger partial charge is 0.493 e. The Morgan fingerprint density at radius 3 is 2.89 bits per heavy atom. The third-order valence-corrected chi connectivity index (χ3v) is 2.35. The molecule has 0 bridgehead atoms. The van der Waals surface area contributed by atoms with Crippen LogP contribution in [0.1, 0.15) is 30.6 Å². The summed E-state index contributed by atoms with van der Waals surface area (Å²) in [6, 6.07) is 6.92. The van der Waals surface area contributed by atoms with E-state index < -0.39 is 0 Å². The van der Waals surface area contributed by atoms with Crippen LogP contribution in [0.2, 0.25) is 0 Å². The predicted molar refractivity (Wildman–Crippen MR) is 67.7 cm³/mol. The molecule has 0 saturated carbocycles. The van der Waals surface area contributed by atoms with Crippen LogP contribution in [0.4, 0.5) is 0 Å². The molecule has 0 amide bonds. The zero-order valence-electron chi connectivity index (χ0n) is 10.7. The van der Waals surface area contributed by atoms with Crippen LogP contribution < -0.4 is 4.74 Å². The monoisotopic (exact) mass is 250 g/mol. The van der Waals surface area contributed by atoms with Crippen LogP contribution in [-0.2, 0) is 9.53 Å². The third-order valence-electron chi connectivity index (χ3n) is 2.35. The van der Waals surface area contributed by atoms with E-state index in [0.29, 0.717) is 30.9 Å². The van der Waals surface area contributed by atoms with Gasteiger partial charge in [0.05, 0.1) is 19.6 Å². The van der Waals surface area contributed by atoms with Gasteiger partial charge in [-0.2, -0.15) is 0 Å². The number of carbonyl (C=O) groups excluding carboxylic acids is 2. The average Bonchev–Trinajstić information content (AvgIpc) is 2.37. The Morgan fingerprint density at radius 2 is 2.22 bits per heavy atom. The molecule has 1 atom stereocenters. The van der Waals surface area contributed by atoms with Crippen molar-refractivity contribution < 1.29 is 19.1 Å². The van der Waals surface area contributed by atoms with Crippen LogP contribution in [0.3, 0.4) is 0 Å². The van der Waals surface area contributed by atoms with Crippen LogP contribution >= 0.6 is 0 Å². The van der Waals surface area contributed by atoms with E-state index in [9.17, 15) is 9.59 Å². The highest BCUT2D eigenvalue weighted by molar-refractivity contribution is 5.75. The minimum absolute atomic E-state index is 0.0731. The Hall–Kier alpha value is -1.84. The van der Waals surface area contributed by atoms with Gasteiger partial charge in [-0.05, 0) is 19.1 Å².